The van der Waals surface area contributed by atoms with Crippen LogP contribution in [0.15, 0.2) is 24.3 Å². The van der Waals surface area contributed by atoms with E-state index in [1.807, 2.05) is 0 Å². The summed E-state index contributed by atoms with van der Waals surface area (Å²) in [7, 11) is 0. The Morgan fingerprint density at radius 1 is 1.32 bits per heavy atom. The Morgan fingerprint density at radius 3 is 2.53 bits per heavy atom. The molecule has 19 heavy (non-hydrogen) atoms. The van der Waals surface area contributed by atoms with Crippen LogP contribution in [0.5, 0.6) is 0 Å². The van der Waals surface area contributed by atoms with E-state index in [9.17, 15) is 9.18 Å². The largest absolute Gasteiger partial charge is 0.369 e. The number of hydrogen-bond donors (Lipinski definition) is 2. The molecule has 1 aromatic rings. The normalized spacial score (nSPS) is 16.7. The zero-order valence-corrected chi connectivity index (χ0v) is 10.9. The van der Waals surface area contributed by atoms with Crippen LogP contribution >= 0.6 is 0 Å². The van der Waals surface area contributed by atoms with Gasteiger partial charge in [0, 0.05) is 12.6 Å². The van der Waals surface area contributed by atoms with E-state index < -0.39 is 0 Å². The average Bonchev–Trinajstić information content (AvgIpc) is 2.41. The van der Waals surface area contributed by atoms with Crippen molar-refractivity contribution in [3.63, 3.8) is 0 Å². The fraction of sp³-hybridized carbons (Fsp3) is 0.500. The summed E-state index contributed by atoms with van der Waals surface area (Å²) < 4.78 is 12.9. The maximum atomic E-state index is 12.9. The number of piperidine rings is 1. The first-order chi connectivity index (χ1) is 9.15. The van der Waals surface area contributed by atoms with E-state index in [-0.39, 0.29) is 18.3 Å². The van der Waals surface area contributed by atoms with Crippen LogP contribution in [0.25, 0.3) is 0 Å². The highest BCUT2D eigenvalue weighted by Gasteiger charge is 2.22. The molecule has 4 nitrogen and oxygen atoms in total. The topological polar surface area (TPSA) is 58.4 Å². The van der Waals surface area contributed by atoms with E-state index in [2.05, 4.69) is 10.2 Å². The summed E-state index contributed by atoms with van der Waals surface area (Å²) in [6.07, 6.45) is 2.02. The highest BCUT2D eigenvalue weighted by molar-refractivity contribution is 5.75. The summed E-state index contributed by atoms with van der Waals surface area (Å²) in [6, 6.07) is 6.76. The first kappa shape index (κ1) is 14.0. The third-order valence-corrected chi connectivity index (χ3v) is 3.48. The van der Waals surface area contributed by atoms with Crippen molar-refractivity contribution in [2.45, 2.75) is 25.4 Å². The Labute approximate surface area is 112 Å². The van der Waals surface area contributed by atoms with Gasteiger partial charge in [-0.05, 0) is 43.6 Å². The second-order valence-corrected chi connectivity index (χ2v) is 4.98. The molecular formula is C14H20FN3O. The minimum atomic E-state index is -0.319. The van der Waals surface area contributed by atoms with Gasteiger partial charge in [0.05, 0.1) is 6.54 Å². The van der Waals surface area contributed by atoms with Crippen LogP contribution in [0, 0.1) is 5.82 Å². The lowest BCUT2D eigenvalue weighted by atomic mass is 10.0. The number of carbonyl (C=O) groups is 1. The maximum Gasteiger partial charge on any atom is 0.231 e. The van der Waals surface area contributed by atoms with Gasteiger partial charge in [-0.25, -0.2) is 4.39 Å². The smallest absolute Gasteiger partial charge is 0.231 e. The van der Waals surface area contributed by atoms with Crippen LogP contribution in [0.4, 0.5) is 4.39 Å². The predicted octanol–water partition coefficient (Wildman–Crippen LogP) is 0.865. The highest BCUT2D eigenvalue weighted by atomic mass is 19.1. The van der Waals surface area contributed by atoms with Crippen molar-refractivity contribution in [1.82, 2.24) is 10.2 Å². The van der Waals surface area contributed by atoms with Gasteiger partial charge in [0.2, 0.25) is 5.91 Å². The lowest BCUT2D eigenvalue weighted by molar-refractivity contribution is -0.120. The Morgan fingerprint density at radius 2 is 1.95 bits per heavy atom. The van der Waals surface area contributed by atoms with Crippen LogP contribution < -0.4 is 11.1 Å². The van der Waals surface area contributed by atoms with Gasteiger partial charge >= 0.3 is 0 Å². The monoisotopic (exact) mass is 265 g/mol. The molecule has 0 atom stereocenters. The van der Waals surface area contributed by atoms with E-state index in [4.69, 9.17) is 5.73 Å². The summed E-state index contributed by atoms with van der Waals surface area (Å²) in [5.41, 5.74) is 6.32. The molecule has 1 aromatic carbocycles. The molecule has 0 bridgehead atoms. The second kappa shape index (κ2) is 6.63. The molecule has 0 unspecified atom stereocenters. The van der Waals surface area contributed by atoms with Gasteiger partial charge in [-0.3, -0.25) is 9.69 Å². The molecule has 1 aliphatic rings. The fourth-order valence-corrected chi connectivity index (χ4v) is 2.51. The standard InChI is InChI=1S/C14H20FN3O/c15-12-3-1-11(2-4-12)9-18(10-14(16)19)13-5-7-17-8-6-13/h1-4,13,17H,5-10H2,(H2,16,19). The molecule has 1 saturated heterocycles. The summed E-state index contributed by atoms with van der Waals surface area (Å²) in [5, 5.41) is 3.30. The molecule has 0 saturated carbocycles. The van der Waals surface area contributed by atoms with Crippen molar-refractivity contribution in [2.75, 3.05) is 19.6 Å². The van der Waals surface area contributed by atoms with Crippen LogP contribution in [0.3, 0.4) is 0 Å². The molecule has 2 rings (SSSR count). The van der Waals surface area contributed by atoms with E-state index in [0.717, 1.165) is 31.5 Å². The van der Waals surface area contributed by atoms with Crippen molar-refractivity contribution < 1.29 is 9.18 Å². The van der Waals surface area contributed by atoms with Gasteiger partial charge in [-0.1, -0.05) is 12.1 Å². The SMILES string of the molecule is NC(=O)CN(Cc1ccc(F)cc1)C1CCNCC1. The number of halogens is 1. The Hall–Kier alpha value is -1.46. The number of primary amides is 1. The number of nitrogens with zero attached hydrogens (tertiary/aromatic N) is 1. The van der Waals surface area contributed by atoms with Gasteiger partial charge < -0.3 is 11.1 Å². The van der Waals surface area contributed by atoms with Gasteiger partial charge in [0.1, 0.15) is 5.82 Å². The third kappa shape index (κ3) is 4.29. The first-order valence-electron chi connectivity index (χ1n) is 6.62. The third-order valence-electron chi connectivity index (χ3n) is 3.48. The van der Waals surface area contributed by atoms with Gasteiger partial charge in [-0.2, -0.15) is 0 Å². The number of rotatable bonds is 5. The molecule has 1 aliphatic heterocycles. The quantitative estimate of drug-likeness (QED) is 0.830. The number of nitrogens with one attached hydrogen (secondary N) is 1. The molecule has 1 heterocycles. The predicted molar refractivity (Wildman–Crippen MR) is 71.9 cm³/mol. The van der Waals surface area contributed by atoms with Crippen LogP contribution in [-0.4, -0.2) is 36.5 Å². The minimum Gasteiger partial charge on any atom is -0.369 e. The fourth-order valence-electron chi connectivity index (χ4n) is 2.51. The van der Waals surface area contributed by atoms with Gasteiger partial charge in [0.25, 0.3) is 0 Å². The van der Waals surface area contributed by atoms with E-state index >= 15 is 0 Å². The average molecular weight is 265 g/mol. The van der Waals surface area contributed by atoms with E-state index in [1.54, 1.807) is 12.1 Å². The van der Waals surface area contributed by atoms with E-state index in [0.29, 0.717) is 12.6 Å². The number of carbonyl (C=O) groups excluding carboxylic acids is 1. The van der Waals surface area contributed by atoms with Crippen molar-refractivity contribution in [3.8, 4) is 0 Å². The summed E-state index contributed by atoms with van der Waals surface area (Å²) in [6.45, 7) is 2.81. The Bertz CT molecular complexity index is 415. The van der Waals surface area contributed by atoms with Gasteiger partial charge in [0.15, 0.2) is 0 Å². The molecule has 3 N–H and O–H groups in total. The molecular weight excluding hydrogens is 245 g/mol. The molecule has 1 fully saturated rings. The van der Waals surface area contributed by atoms with Crippen LogP contribution in [-0.2, 0) is 11.3 Å². The van der Waals surface area contributed by atoms with Crippen molar-refractivity contribution in [2.24, 2.45) is 5.73 Å². The molecule has 0 radical (unpaired) electrons. The lowest BCUT2D eigenvalue weighted by Crippen LogP contribution is -2.46. The number of nitrogens with two attached hydrogens (primary N) is 1. The first-order valence-corrected chi connectivity index (χ1v) is 6.62. The number of benzene rings is 1. The van der Waals surface area contributed by atoms with E-state index in [1.165, 1.54) is 12.1 Å². The Balaban J connectivity index is 2.03. The van der Waals surface area contributed by atoms with Crippen LogP contribution in [0.2, 0.25) is 0 Å². The van der Waals surface area contributed by atoms with Crippen molar-refractivity contribution in [3.05, 3.63) is 35.6 Å². The molecule has 0 spiro atoms. The molecule has 5 heteroatoms. The lowest BCUT2D eigenvalue weighted by Gasteiger charge is -2.33. The number of hydrogen-bond acceptors (Lipinski definition) is 3. The Kier molecular flexibility index (Phi) is 4.87. The summed E-state index contributed by atoms with van der Waals surface area (Å²) >= 11 is 0. The zero-order chi connectivity index (χ0) is 13.7. The molecule has 1 amide bonds. The molecule has 0 aromatic heterocycles. The number of amides is 1. The van der Waals surface area contributed by atoms with Crippen LogP contribution in [0.1, 0.15) is 18.4 Å². The summed E-state index contributed by atoms with van der Waals surface area (Å²) in [5.74, 6) is -0.562. The van der Waals surface area contributed by atoms with Crippen molar-refractivity contribution >= 4 is 5.91 Å². The van der Waals surface area contributed by atoms with Gasteiger partial charge in [-0.15, -0.1) is 0 Å². The second-order valence-electron chi connectivity index (χ2n) is 4.98. The maximum absolute atomic E-state index is 12.9. The molecule has 104 valence electrons. The van der Waals surface area contributed by atoms with Crippen molar-refractivity contribution in [1.29, 1.82) is 0 Å². The highest BCUT2D eigenvalue weighted by Crippen LogP contribution is 2.15. The summed E-state index contributed by atoms with van der Waals surface area (Å²) in [4.78, 5) is 13.3. The molecule has 0 aliphatic carbocycles. The minimum absolute atomic E-state index is 0.243. The zero-order valence-electron chi connectivity index (χ0n) is 10.9.